The number of carbonyl (C=O) groups excluding carboxylic acids is 1. The molecule has 0 spiro atoms. The van der Waals surface area contributed by atoms with Crippen LogP contribution in [0.3, 0.4) is 0 Å². The highest BCUT2D eigenvalue weighted by molar-refractivity contribution is 7.89. The van der Waals surface area contributed by atoms with Gasteiger partial charge in [-0.1, -0.05) is 19.8 Å². The van der Waals surface area contributed by atoms with E-state index < -0.39 is 10.0 Å². The number of hydrogen-bond donors (Lipinski definition) is 3. The Morgan fingerprint density at radius 1 is 1.33 bits per heavy atom. The molecule has 1 fully saturated rings. The van der Waals surface area contributed by atoms with Gasteiger partial charge in [-0.2, -0.15) is 0 Å². The minimum Gasteiger partial charge on any atom is -0.377 e. The molecule has 2 rings (SSSR count). The van der Waals surface area contributed by atoms with Crippen LogP contribution in [-0.2, 0) is 14.8 Å². The van der Waals surface area contributed by atoms with Crippen molar-refractivity contribution in [2.24, 2.45) is 5.73 Å². The van der Waals surface area contributed by atoms with Gasteiger partial charge in [-0.05, 0) is 43.5 Å². The molecule has 0 aliphatic carbocycles. The molecule has 9 heteroatoms. The van der Waals surface area contributed by atoms with E-state index >= 15 is 0 Å². The van der Waals surface area contributed by atoms with E-state index in [0.29, 0.717) is 18.7 Å². The van der Waals surface area contributed by atoms with Gasteiger partial charge < -0.3 is 15.8 Å². The summed E-state index contributed by atoms with van der Waals surface area (Å²) in [6.45, 7) is 3.41. The number of sulfonamides is 1. The summed E-state index contributed by atoms with van der Waals surface area (Å²) in [6, 6.07) is 5.85. The van der Waals surface area contributed by atoms with Crippen LogP contribution in [0, 0.1) is 0 Å². The molecule has 1 aliphatic rings. The molecule has 1 amide bonds. The Labute approximate surface area is 167 Å². The number of unbranched alkanes of at least 4 members (excludes halogenated alkanes) is 1. The fraction of sp³-hybridized carbons (Fsp3) is 0.611. The molecule has 1 heterocycles. The van der Waals surface area contributed by atoms with Gasteiger partial charge in [0.05, 0.1) is 11.0 Å². The van der Waals surface area contributed by atoms with E-state index in [1.165, 1.54) is 24.3 Å². The summed E-state index contributed by atoms with van der Waals surface area (Å²) >= 11 is 0. The number of hydrogen-bond acceptors (Lipinski definition) is 5. The first-order valence-electron chi connectivity index (χ1n) is 9.18. The molecule has 1 saturated heterocycles. The molecule has 0 aromatic heterocycles. The van der Waals surface area contributed by atoms with Gasteiger partial charge in [-0.3, -0.25) is 4.79 Å². The highest BCUT2D eigenvalue weighted by Crippen LogP contribution is 2.14. The third-order valence-corrected chi connectivity index (χ3v) is 5.92. The molecule has 1 aliphatic heterocycles. The molecular weight excluding hydrogens is 390 g/mol. The van der Waals surface area contributed by atoms with Gasteiger partial charge in [0.2, 0.25) is 10.0 Å². The van der Waals surface area contributed by atoms with Crippen molar-refractivity contribution in [3.8, 4) is 0 Å². The molecule has 2 atom stereocenters. The summed E-state index contributed by atoms with van der Waals surface area (Å²) in [4.78, 5) is 12.4. The number of amides is 1. The van der Waals surface area contributed by atoms with Crippen molar-refractivity contribution in [3.63, 3.8) is 0 Å². The zero-order chi connectivity index (χ0) is 19.0. The first-order chi connectivity index (χ1) is 12.5. The van der Waals surface area contributed by atoms with E-state index in [1.54, 1.807) is 0 Å². The number of halogens is 1. The smallest absolute Gasteiger partial charge is 0.251 e. The maximum Gasteiger partial charge on any atom is 0.251 e. The molecule has 4 N–H and O–H groups in total. The van der Waals surface area contributed by atoms with Crippen LogP contribution in [0.2, 0.25) is 0 Å². The van der Waals surface area contributed by atoms with Crippen molar-refractivity contribution >= 4 is 28.3 Å². The lowest BCUT2D eigenvalue weighted by molar-refractivity contribution is 0.0935. The molecule has 1 aromatic rings. The number of nitrogens with one attached hydrogen (secondary N) is 2. The first-order valence-corrected chi connectivity index (χ1v) is 10.7. The van der Waals surface area contributed by atoms with E-state index in [-0.39, 0.29) is 41.9 Å². The average Bonchev–Trinajstić information content (AvgIpc) is 3.17. The van der Waals surface area contributed by atoms with Crippen molar-refractivity contribution in [3.05, 3.63) is 29.8 Å². The standard InChI is InChI=1S/C18H29N3O4S.ClH/c1-2-3-5-15(12-19)21-18(22)14-7-9-17(10-8-14)26(23,24)20-13-16-6-4-11-25-16;/h7-10,15-16,20H,2-6,11-13,19H2,1H3,(H,21,22);1H. The second-order valence-electron chi connectivity index (χ2n) is 6.56. The van der Waals surface area contributed by atoms with Crippen molar-refractivity contribution in [2.75, 3.05) is 19.7 Å². The topological polar surface area (TPSA) is 111 Å². The third-order valence-electron chi connectivity index (χ3n) is 4.48. The lowest BCUT2D eigenvalue weighted by Crippen LogP contribution is -2.40. The monoisotopic (exact) mass is 419 g/mol. The molecular formula is C18H30ClN3O4S. The summed E-state index contributed by atoms with van der Waals surface area (Å²) in [6.07, 6.45) is 4.62. The van der Waals surface area contributed by atoms with Crippen LogP contribution < -0.4 is 15.8 Å². The van der Waals surface area contributed by atoms with E-state index in [4.69, 9.17) is 10.5 Å². The molecule has 7 nitrogen and oxygen atoms in total. The summed E-state index contributed by atoms with van der Waals surface area (Å²) in [5.41, 5.74) is 6.11. The van der Waals surface area contributed by atoms with E-state index in [0.717, 1.165) is 32.1 Å². The average molecular weight is 420 g/mol. The molecule has 1 aromatic carbocycles. The van der Waals surface area contributed by atoms with Crippen molar-refractivity contribution in [1.29, 1.82) is 0 Å². The van der Waals surface area contributed by atoms with E-state index in [2.05, 4.69) is 17.0 Å². The molecule has 27 heavy (non-hydrogen) atoms. The fourth-order valence-electron chi connectivity index (χ4n) is 2.84. The van der Waals surface area contributed by atoms with Crippen LogP contribution in [0.5, 0.6) is 0 Å². The Balaban J connectivity index is 0.00000364. The molecule has 2 unspecified atom stereocenters. The summed E-state index contributed by atoms with van der Waals surface area (Å²) in [5, 5.41) is 2.89. The maximum absolute atomic E-state index is 12.3. The minimum atomic E-state index is -3.61. The maximum atomic E-state index is 12.3. The van der Waals surface area contributed by atoms with Crippen LogP contribution in [0.1, 0.15) is 49.4 Å². The molecule has 0 radical (unpaired) electrons. The van der Waals surface area contributed by atoms with Gasteiger partial charge in [-0.25, -0.2) is 13.1 Å². The van der Waals surface area contributed by atoms with E-state index in [9.17, 15) is 13.2 Å². The predicted octanol–water partition coefficient (Wildman–Crippen LogP) is 1.81. The lowest BCUT2D eigenvalue weighted by Gasteiger charge is -2.16. The highest BCUT2D eigenvalue weighted by Gasteiger charge is 2.20. The predicted molar refractivity (Wildman–Crippen MR) is 108 cm³/mol. The molecule has 0 saturated carbocycles. The van der Waals surface area contributed by atoms with Crippen LogP contribution in [0.15, 0.2) is 29.2 Å². The Morgan fingerprint density at radius 2 is 2.04 bits per heavy atom. The Kier molecular flexibility index (Phi) is 10.3. The van der Waals surface area contributed by atoms with Gasteiger partial charge in [0.15, 0.2) is 0 Å². The normalized spacial score (nSPS) is 17.9. The quantitative estimate of drug-likeness (QED) is 0.535. The van der Waals surface area contributed by atoms with Crippen molar-refractivity contribution < 1.29 is 17.9 Å². The minimum absolute atomic E-state index is 0. The van der Waals surface area contributed by atoms with Crippen LogP contribution >= 0.6 is 12.4 Å². The Hall–Kier alpha value is -1.19. The zero-order valence-corrected chi connectivity index (χ0v) is 17.3. The van der Waals surface area contributed by atoms with Crippen LogP contribution in [0.4, 0.5) is 0 Å². The second kappa shape index (κ2) is 11.6. The largest absolute Gasteiger partial charge is 0.377 e. The molecule has 154 valence electrons. The number of nitrogens with two attached hydrogens (primary N) is 1. The Morgan fingerprint density at radius 3 is 2.59 bits per heavy atom. The van der Waals surface area contributed by atoms with E-state index in [1.807, 2.05) is 0 Å². The zero-order valence-electron chi connectivity index (χ0n) is 15.6. The number of benzene rings is 1. The third kappa shape index (κ3) is 7.38. The molecule has 0 bridgehead atoms. The van der Waals surface area contributed by atoms with Crippen molar-refractivity contribution in [1.82, 2.24) is 10.0 Å². The number of rotatable bonds is 10. The van der Waals surface area contributed by atoms with Gasteiger partial charge >= 0.3 is 0 Å². The summed E-state index contributed by atoms with van der Waals surface area (Å²) in [7, 11) is -3.61. The number of ether oxygens (including phenoxy) is 1. The lowest BCUT2D eigenvalue weighted by atomic mass is 10.1. The van der Waals surface area contributed by atoms with Crippen LogP contribution in [0.25, 0.3) is 0 Å². The van der Waals surface area contributed by atoms with Gasteiger partial charge in [0.1, 0.15) is 0 Å². The SMILES string of the molecule is CCCCC(CN)NC(=O)c1ccc(S(=O)(=O)NCC2CCCO2)cc1.Cl. The van der Waals surface area contributed by atoms with Crippen molar-refractivity contribution in [2.45, 2.75) is 56.1 Å². The first kappa shape index (κ1) is 23.8. The van der Waals surface area contributed by atoms with Gasteiger partial charge in [0.25, 0.3) is 5.91 Å². The summed E-state index contributed by atoms with van der Waals surface area (Å²) < 4.78 is 32.6. The van der Waals surface area contributed by atoms with Gasteiger partial charge in [0, 0.05) is 31.3 Å². The number of carbonyl (C=O) groups is 1. The van der Waals surface area contributed by atoms with Gasteiger partial charge in [-0.15, -0.1) is 12.4 Å². The second-order valence-corrected chi connectivity index (χ2v) is 8.33. The Bertz CT molecular complexity index is 676. The fourth-order valence-corrected chi connectivity index (χ4v) is 3.91. The van der Waals surface area contributed by atoms with Crippen LogP contribution in [-0.4, -0.2) is 46.2 Å². The summed E-state index contributed by atoms with van der Waals surface area (Å²) in [5.74, 6) is -0.243. The highest BCUT2D eigenvalue weighted by atomic mass is 35.5.